The Bertz CT molecular complexity index is 410. The Morgan fingerprint density at radius 3 is 2.78 bits per heavy atom. The molecule has 1 aromatic rings. The Morgan fingerprint density at radius 1 is 1.39 bits per heavy atom. The van der Waals surface area contributed by atoms with Gasteiger partial charge in [0.05, 0.1) is 10.7 Å². The number of nitrogens with one attached hydrogen (secondary N) is 2. The van der Waals surface area contributed by atoms with Gasteiger partial charge < -0.3 is 10.6 Å². The SMILES string of the molecule is CCCCNC(=O)C(C)Nc1cc(Cl)ccc1Cl. The highest BCUT2D eigenvalue weighted by Crippen LogP contribution is 2.25. The van der Waals surface area contributed by atoms with Gasteiger partial charge in [0, 0.05) is 11.6 Å². The summed E-state index contributed by atoms with van der Waals surface area (Å²) in [4.78, 5) is 11.8. The van der Waals surface area contributed by atoms with Gasteiger partial charge in [-0.15, -0.1) is 0 Å². The summed E-state index contributed by atoms with van der Waals surface area (Å²) in [7, 11) is 0. The molecule has 1 amide bonds. The van der Waals surface area contributed by atoms with Crippen molar-refractivity contribution in [3.8, 4) is 0 Å². The number of amides is 1. The van der Waals surface area contributed by atoms with Crippen LogP contribution in [0.1, 0.15) is 26.7 Å². The maximum Gasteiger partial charge on any atom is 0.242 e. The number of unbranched alkanes of at least 4 members (excludes halogenated alkanes) is 1. The van der Waals surface area contributed by atoms with E-state index in [0.29, 0.717) is 22.3 Å². The monoisotopic (exact) mass is 288 g/mol. The van der Waals surface area contributed by atoms with E-state index in [1.54, 1.807) is 25.1 Å². The molecule has 5 heteroatoms. The van der Waals surface area contributed by atoms with Crippen LogP contribution in [0, 0.1) is 0 Å². The molecule has 1 aromatic carbocycles. The van der Waals surface area contributed by atoms with Gasteiger partial charge in [-0.1, -0.05) is 36.5 Å². The van der Waals surface area contributed by atoms with Crippen molar-refractivity contribution in [3.05, 3.63) is 28.2 Å². The molecule has 100 valence electrons. The van der Waals surface area contributed by atoms with Crippen molar-refractivity contribution in [2.24, 2.45) is 0 Å². The summed E-state index contributed by atoms with van der Waals surface area (Å²) in [5.74, 6) is -0.0421. The average Bonchev–Trinajstić information content (AvgIpc) is 2.34. The maximum absolute atomic E-state index is 11.8. The van der Waals surface area contributed by atoms with E-state index in [9.17, 15) is 4.79 Å². The van der Waals surface area contributed by atoms with E-state index in [0.717, 1.165) is 12.8 Å². The largest absolute Gasteiger partial charge is 0.373 e. The number of hydrogen-bond acceptors (Lipinski definition) is 2. The van der Waals surface area contributed by atoms with Crippen LogP contribution in [0.3, 0.4) is 0 Å². The third kappa shape index (κ3) is 4.75. The Kier molecular flexibility index (Phi) is 6.30. The number of carbonyl (C=O) groups excluding carboxylic acids is 1. The Balaban J connectivity index is 2.55. The first-order chi connectivity index (χ1) is 8.54. The van der Waals surface area contributed by atoms with Crippen molar-refractivity contribution in [1.82, 2.24) is 5.32 Å². The zero-order valence-electron chi connectivity index (χ0n) is 10.6. The van der Waals surface area contributed by atoms with Crippen LogP contribution in [0.25, 0.3) is 0 Å². The molecule has 3 nitrogen and oxygen atoms in total. The Morgan fingerprint density at radius 2 is 2.11 bits per heavy atom. The lowest BCUT2D eigenvalue weighted by atomic mass is 10.2. The zero-order valence-corrected chi connectivity index (χ0v) is 12.1. The van der Waals surface area contributed by atoms with Crippen LogP contribution in [0.15, 0.2) is 18.2 Å². The quantitative estimate of drug-likeness (QED) is 0.784. The van der Waals surface area contributed by atoms with Crippen molar-refractivity contribution in [2.75, 3.05) is 11.9 Å². The smallest absolute Gasteiger partial charge is 0.242 e. The number of hydrogen-bond donors (Lipinski definition) is 2. The van der Waals surface area contributed by atoms with Gasteiger partial charge in [0.2, 0.25) is 5.91 Å². The topological polar surface area (TPSA) is 41.1 Å². The van der Waals surface area contributed by atoms with Crippen LogP contribution in [0.2, 0.25) is 10.0 Å². The summed E-state index contributed by atoms with van der Waals surface area (Å²) >= 11 is 11.9. The van der Waals surface area contributed by atoms with Gasteiger partial charge in [0.25, 0.3) is 0 Å². The summed E-state index contributed by atoms with van der Waals surface area (Å²) in [6.45, 7) is 4.57. The first-order valence-corrected chi connectivity index (χ1v) is 6.79. The molecule has 0 aliphatic heterocycles. The van der Waals surface area contributed by atoms with Gasteiger partial charge in [-0.05, 0) is 31.5 Å². The molecule has 0 fully saturated rings. The van der Waals surface area contributed by atoms with Crippen molar-refractivity contribution >= 4 is 34.8 Å². The summed E-state index contributed by atoms with van der Waals surface area (Å²) in [6.07, 6.45) is 2.04. The van der Waals surface area contributed by atoms with Gasteiger partial charge in [0.15, 0.2) is 0 Å². The minimum Gasteiger partial charge on any atom is -0.373 e. The van der Waals surface area contributed by atoms with Crippen LogP contribution < -0.4 is 10.6 Å². The van der Waals surface area contributed by atoms with Crippen LogP contribution in [-0.2, 0) is 4.79 Å². The zero-order chi connectivity index (χ0) is 13.5. The average molecular weight is 289 g/mol. The molecule has 1 unspecified atom stereocenters. The minimum absolute atomic E-state index is 0.0421. The summed E-state index contributed by atoms with van der Waals surface area (Å²) < 4.78 is 0. The number of carbonyl (C=O) groups is 1. The molecule has 1 atom stereocenters. The van der Waals surface area contributed by atoms with Crippen LogP contribution in [0.5, 0.6) is 0 Å². The third-order valence-electron chi connectivity index (χ3n) is 2.52. The fraction of sp³-hybridized carbons (Fsp3) is 0.462. The van der Waals surface area contributed by atoms with E-state index in [1.807, 2.05) is 0 Å². The lowest BCUT2D eigenvalue weighted by Crippen LogP contribution is -2.38. The molecular weight excluding hydrogens is 271 g/mol. The second-order valence-electron chi connectivity index (χ2n) is 4.13. The van der Waals surface area contributed by atoms with Crippen molar-refractivity contribution < 1.29 is 4.79 Å². The van der Waals surface area contributed by atoms with Crippen LogP contribution in [0.4, 0.5) is 5.69 Å². The molecule has 0 bridgehead atoms. The van der Waals surface area contributed by atoms with Crippen LogP contribution in [-0.4, -0.2) is 18.5 Å². The molecule has 0 aliphatic rings. The van der Waals surface area contributed by atoms with Gasteiger partial charge >= 0.3 is 0 Å². The number of rotatable bonds is 6. The first-order valence-electron chi connectivity index (χ1n) is 6.04. The second-order valence-corrected chi connectivity index (χ2v) is 4.98. The predicted octanol–water partition coefficient (Wildman–Crippen LogP) is 3.71. The van der Waals surface area contributed by atoms with E-state index in [1.165, 1.54) is 0 Å². The van der Waals surface area contributed by atoms with Crippen LogP contribution >= 0.6 is 23.2 Å². The molecule has 0 saturated heterocycles. The van der Waals surface area contributed by atoms with Crippen molar-refractivity contribution in [1.29, 1.82) is 0 Å². The number of benzene rings is 1. The van der Waals surface area contributed by atoms with E-state index in [-0.39, 0.29) is 11.9 Å². The van der Waals surface area contributed by atoms with Gasteiger partial charge in [-0.3, -0.25) is 4.79 Å². The molecular formula is C13H18Cl2N2O. The first kappa shape index (κ1) is 15.1. The van der Waals surface area contributed by atoms with Gasteiger partial charge in [-0.2, -0.15) is 0 Å². The third-order valence-corrected chi connectivity index (χ3v) is 3.09. The maximum atomic E-state index is 11.8. The summed E-state index contributed by atoms with van der Waals surface area (Å²) in [5, 5.41) is 7.04. The number of halogens is 2. The second kappa shape index (κ2) is 7.49. The standard InChI is InChI=1S/C13H18Cl2N2O/c1-3-4-7-16-13(18)9(2)17-12-8-10(14)5-6-11(12)15/h5-6,8-9,17H,3-4,7H2,1-2H3,(H,16,18). The molecule has 0 spiro atoms. The molecule has 0 heterocycles. The molecule has 0 radical (unpaired) electrons. The fourth-order valence-electron chi connectivity index (χ4n) is 1.45. The Hall–Kier alpha value is -0.930. The number of anilines is 1. The van der Waals surface area contributed by atoms with Crippen molar-refractivity contribution in [3.63, 3.8) is 0 Å². The Labute approximate surface area is 118 Å². The molecule has 2 N–H and O–H groups in total. The molecule has 0 aliphatic carbocycles. The van der Waals surface area contributed by atoms with E-state index in [2.05, 4.69) is 17.6 Å². The van der Waals surface area contributed by atoms with Gasteiger partial charge in [0.1, 0.15) is 6.04 Å². The predicted molar refractivity (Wildman–Crippen MR) is 77.5 cm³/mol. The highest BCUT2D eigenvalue weighted by atomic mass is 35.5. The van der Waals surface area contributed by atoms with E-state index < -0.39 is 0 Å². The lowest BCUT2D eigenvalue weighted by Gasteiger charge is -2.16. The highest BCUT2D eigenvalue weighted by molar-refractivity contribution is 6.35. The highest BCUT2D eigenvalue weighted by Gasteiger charge is 2.13. The molecule has 1 rings (SSSR count). The molecule has 0 aromatic heterocycles. The van der Waals surface area contributed by atoms with Gasteiger partial charge in [-0.25, -0.2) is 0 Å². The molecule has 18 heavy (non-hydrogen) atoms. The summed E-state index contributed by atoms with van der Waals surface area (Å²) in [5.41, 5.74) is 0.669. The van der Waals surface area contributed by atoms with Crippen molar-refractivity contribution in [2.45, 2.75) is 32.7 Å². The fourth-order valence-corrected chi connectivity index (χ4v) is 1.79. The summed E-state index contributed by atoms with van der Waals surface area (Å²) in [6, 6.07) is 4.77. The lowest BCUT2D eigenvalue weighted by molar-refractivity contribution is -0.121. The normalized spacial score (nSPS) is 12.0. The minimum atomic E-state index is -0.349. The van der Waals surface area contributed by atoms with E-state index in [4.69, 9.17) is 23.2 Å². The van der Waals surface area contributed by atoms with E-state index >= 15 is 0 Å². The molecule has 0 saturated carbocycles.